The highest BCUT2D eigenvalue weighted by Gasteiger charge is 2.31. The van der Waals surface area contributed by atoms with Gasteiger partial charge in [-0.05, 0) is 24.8 Å². The molecule has 3 nitrogen and oxygen atoms in total. The quantitative estimate of drug-likeness (QED) is 0.600. The van der Waals surface area contributed by atoms with Crippen LogP contribution in [0.1, 0.15) is 13.3 Å². The SMILES string of the molecule is CNC(=O)CNCC1CC1C. The van der Waals surface area contributed by atoms with E-state index in [-0.39, 0.29) is 5.91 Å². The minimum Gasteiger partial charge on any atom is -0.358 e. The Labute approximate surface area is 67.5 Å². The molecule has 2 atom stereocenters. The molecule has 3 heteroatoms. The third kappa shape index (κ3) is 2.89. The highest BCUT2D eigenvalue weighted by molar-refractivity contribution is 5.77. The van der Waals surface area contributed by atoms with Crippen LogP contribution in [0.15, 0.2) is 0 Å². The summed E-state index contributed by atoms with van der Waals surface area (Å²) in [4.78, 5) is 10.7. The number of amides is 1. The molecule has 11 heavy (non-hydrogen) atoms. The molecule has 0 radical (unpaired) electrons. The van der Waals surface area contributed by atoms with Gasteiger partial charge in [0.05, 0.1) is 6.54 Å². The minimum absolute atomic E-state index is 0.0679. The number of carbonyl (C=O) groups excluding carboxylic acids is 1. The summed E-state index contributed by atoms with van der Waals surface area (Å²) in [5, 5.41) is 5.69. The molecule has 0 aromatic heterocycles. The maximum atomic E-state index is 10.7. The molecule has 2 N–H and O–H groups in total. The summed E-state index contributed by atoms with van der Waals surface area (Å²) in [6.07, 6.45) is 1.32. The Bertz CT molecular complexity index is 147. The van der Waals surface area contributed by atoms with Crippen LogP contribution in [0.3, 0.4) is 0 Å². The van der Waals surface area contributed by atoms with Gasteiger partial charge in [-0.3, -0.25) is 4.79 Å². The molecule has 0 aliphatic heterocycles. The Kier molecular flexibility index (Phi) is 2.88. The van der Waals surface area contributed by atoms with Crippen LogP contribution in [0, 0.1) is 11.8 Å². The number of hydrogen-bond acceptors (Lipinski definition) is 2. The average molecular weight is 156 g/mol. The zero-order valence-corrected chi connectivity index (χ0v) is 7.18. The van der Waals surface area contributed by atoms with Gasteiger partial charge in [0.2, 0.25) is 5.91 Å². The van der Waals surface area contributed by atoms with Crippen LogP contribution < -0.4 is 10.6 Å². The summed E-state index contributed by atoms with van der Waals surface area (Å²) in [6, 6.07) is 0. The Hall–Kier alpha value is -0.570. The summed E-state index contributed by atoms with van der Waals surface area (Å²) in [6.45, 7) is 3.69. The Morgan fingerprint density at radius 3 is 2.73 bits per heavy atom. The summed E-state index contributed by atoms with van der Waals surface area (Å²) >= 11 is 0. The van der Waals surface area contributed by atoms with Crippen molar-refractivity contribution >= 4 is 5.91 Å². The van der Waals surface area contributed by atoms with Crippen molar-refractivity contribution < 1.29 is 4.79 Å². The highest BCUT2D eigenvalue weighted by atomic mass is 16.1. The van der Waals surface area contributed by atoms with Gasteiger partial charge < -0.3 is 10.6 Å². The lowest BCUT2D eigenvalue weighted by atomic mass is 10.3. The molecule has 1 aliphatic rings. The van der Waals surface area contributed by atoms with Crippen molar-refractivity contribution in [1.29, 1.82) is 0 Å². The van der Waals surface area contributed by atoms with E-state index in [0.717, 1.165) is 18.4 Å². The monoisotopic (exact) mass is 156 g/mol. The molecule has 0 bridgehead atoms. The third-order valence-corrected chi connectivity index (χ3v) is 2.25. The molecule has 1 saturated carbocycles. The molecule has 0 heterocycles. The van der Waals surface area contributed by atoms with Gasteiger partial charge in [0.25, 0.3) is 0 Å². The predicted octanol–water partition coefficient (Wildman–Crippen LogP) is -0.0220. The molecule has 0 spiro atoms. The molecule has 1 rings (SSSR count). The second-order valence-electron chi connectivity index (χ2n) is 3.28. The fourth-order valence-electron chi connectivity index (χ4n) is 1.14. The molecule has 0 aromatic rings. The summed E-state index contributed by atoms with van der Waals surface area (Å²) in [7, 11) is 1.66. The Morgan fingerprint density at radius 2 is 2.27 bits per heavy atom. The number of likely N-dealkylation sites (N-methyl/N-ethyl adjacent to an activating group) is 1. The minimum atomic E-state index is 0.0679. The lowest BCUT2D eigenvalue weighted by Crippen LogP contribution is -2.32. The number of nitrogens with one attached hydrogen (secondary N) is 2. The van der Waals surface area contributed by atoms with E-state index in [1.54, 1.807) is 7.05 Å². The van der Waals surface area contributed by atoms with Crippen LogP contribution in [0.25, 0.3) is 0 Å². The van der Waals surface area contributed by atoms with Crippen molar-refractivity contribution in [3.8, 4) is 0 Å². The molecule has 1 aliphatic carbocycles. The molecular weight excluding hydrogens is 140 g/mol. The van der Waals surface area contributed by atoms with Gasteiger partial charge in [0.1, 0.15) is 0 Å². The Morgan fingerprint density at radius 1 is 1.64 bits per heavy atom. The summed E-state index contributed by atoms with van der Waals surface area (Å²) in [5.74, 6) is 1.75. The molecule has 64 valence electrons. The van der Waals surface area contributed by atoms with Gasteiger partial charge in [-0.25, -0.2) is 0 Å². The van der Waals surface area contributed by atoms with Crippen molar-refractivity contribution in [3.05, 3.63) is 0 Å². The van der Waals surface area contributed by atoms with E-state index in [0.29, 0.717) is 6.54 Å². The second kappa shape index (κ2) is 3.72. The van der Waals surface area contributed by atoms with Crippen molar-refractivity contribution in [2.75, 3.05) is 20.1 Å². The molecule has 2 unspecified atom stereocenters. The summed E-state index contributed by atoms with van der Waals surface area (Å²) in [5.41, 5.74) is 0. The number of hydrogen-bond donors (Lipinski definition) is 2. The zero-order chi connectivity index (χ0) is 8.27. The predicted molar refractivity (Wildman–Crippen MR) is 44.2 cm³/mol. The lowest BCUT2D eigenvalue weighted by Gasteiger charge is -2.01. The third-order valence-electron chi connectivity index (χ3n) is 2.25. The van der Waals surface area contributed by atoms with Gasteiger partial charge in [-0.15, -0.1) is 0 Å². The van der Waals surface area contributed by atoms with E-state index in [2.05, 4.69) is 17.6 Å². The normalized spacial score (nSPS) is 28.2. The second-order valence-corrected chi connectivity index (χ2v) is 3.28. The van der Waals surface area contributed by atoms with Gasteiger partial charge in [-0.2, -0.15) is 0 Å². The van der Waals surface area contributed by atoms with Crippen LogP contribution in [0.2, 0.25) is 0 Å². The van der Waals surface area contributed by atoms with Crippen molar-refractivity contribution in [2.45, 2.75) is 13.3 Å². The maximum absolute atomic E-state index is 10.7. The van der Waals surface area contributed by atoms with Crippen LogP contribution in [-0.4, -0.2) is 26.0 Å². The first kappa shape index (κ1) is 8.53. The van der Waals surface area contributed by atoms with Crippen LogP contribution in [-0.2, 0) is 4.79 Å². The molecule has 0 saturated heterocycles. The average Bonchev–Trinajstić information content (AvgIpc) is 2.66. The molecular formula is C8H16N2O. The van der Waals surface area contributed by atoms with E-state index in [4.69, 9.17) is 0 Å². The first-order chi connectivity index (χ1) is 5.24. The first-order valence-corrected chi connectivity index (χ1v) is 4.15. The van der Waals surface area contributed by atoms with Gasteiger partial charge in [0, 0.05) is 7.05 Å². The molecule has 1 fully saturated rings. The van der Waals surface area contributed by atoms with Gasteiger partial charge in [0.15, 0.2) is 0 Å². The number of rotatable bonds is 4. The van der Waals surface area contributed by atoms with Crippen LogP contribution in [0.4, 0.5) is 0 Å². The van der Waals surface area contributed by atoms with E-state index in [1.807, 2.05) is 0 Å². The number of carbonyl (C=O) groups is 1. The van der Waals surface area contributed by atoms with Gasteiger partial charge in [-0.1, -0.05) is 6.92 Å². The lowest BCUT2D eigenvalue weighted by molar-refractivity contribution is -0.119. The first-order valence-electron chi connectivity index (χ1n) is 4.15. The van der Waals surface area contributed by atoms with Crippen LogP contribution >= 0.6 is 0 Å². The highest BCUT2D eigenvalue weighted by Crippen LogP contribution is 2.36. The van der Waals surface area contributed by atoms with Crippen molar-refractivity contribution in [3.63, 3.8) is 0 Å². The summed E-state index contributed by atoms with van der Waals surface area (Å²) < 4.78 is 0. The van der Waals surface area contributed by atoms with Crippen molar-refractivity contribution in [2.24, 2.45) is 11.8 Å². The maximum Gasteiger partial charge on any atom is 0.233 e. The molecule has 1 amide bonds. The van der Waals surface area contributed by atoms with E-state index in [9.17, 15) is 4.79 Å². The zero-order valence-electron chi connectivity index (χ0n) is 7.18. The largest absolute Gasteiger partial charge is 0.358 e. The van der Waals surface area contributed by atoms with Crippen LogP contribution in [0.5, 0.6) is 0 Å². The Balaban J connectivity index is 1.92. The van der Waals surface area contributed by atoms with E-state index in [1.165, 1.54) is 6.42 Å². The van der Waals surface area contributed by atoms with E-state index < -0.39 is 0 Å². The smallest absolute Gasteiger partial charge is 0.233 e. The van der Waals surface area contributed by atoms with E-state index >= 15 is 0 Å². The van der Waals surface area contributed by atoms with Crippen molar-refractivity contribution in [1.82, 2.24) is 10.6 Å². The topological polar surface area (TPSA) is 41.1 Å². The molecule has 0 aromatic carbocycles. The van der Waals surface area contributed by atoms with Gasteiger partial charge >= 0.3 is 0 Å². The fourth-order valence-corrected chi connectivity index (χ4v) is 1.14. The standard InChI is InChI=1S/C8H16N2O/c1-6-3-7(6)4-10-5-8(11)9-2/h6-7,10H,3-5H2,1-2H3,(H,9,11). The fraction of sp³-hybridized carbons (Fsp3) is 0.875.